The van der Waals surface area contributed by atoms with Crippen molar-refractivity contribution in [1.82, 2.24) is 5.32 Å². The molecule has 128 valence electrons. The third kappa shape index (κ3) is 6.27. The van der Waals surface area contributed by atoms with E-state index < -0.39 is 0 Å². The molecule has 1 N–H and O–H groups in total. The molecule has 2 rings (SSSR count). The summed E-state index contributed by atoms with van der Waals surface area (Å²) in [4.78, 5) is 11.8. The Bertz CT molecular complexity index is 694. The Balaban J connectivity index is 1.61. The van der Waals surface area contributed by atoms with Crippen LogP contribution in [-0.4, -0.2) is 24.8 Å². The van der Waals surface area contributed by atoms with Gasteiger partial charge in [-0.2, -0.15) is 11.8 Å². The number of rotatable bonds is 8. The van der Waals surface area contributed by atoms with Crippen LogP contribution in [0, 0.1) is 6.92 Å². The number of carbonyl (C=O) groups excluding carboxylic acids is 1. The lowest BCUT2D eigenvalue weighted by molar-refractivity contribution is -0.122. The molecule has 0 spiro atoms. The van der Waals surface area contributed by atoms with Crippen LogP contribution < -0.4 is 10.1 Å². The van der Waals surface area contributed by atoms with Gasteiger partial charge in [-0.05, 0) is 36.2 Å². The number of ether oxygens (including phenoxy) is 1. The first-order valence-electron chi connectivity index (χ1n) is 7.53. The standard InChI is InChI=1S/C18H19Cl2NO2S/c1-13-4-2-3-5-17(13)23-11-18(22)21-8-9-24-12-14-6-7-15(19)16(20)10-14/h2-7,10H,8-9,11-12H2,1H3,(H,21,22). The number of aryl methyl sites for hydroxylation is 1. The monoisotopic (exact) mass is 383 g/mol. The summed E-state index contributed by atoms with van der Waals surface area (Å²) >= 11 is 13.6. The van der Waals surface area contributed by atoms with Gasteiger partial charge in [0, 0.05) is 18.1 Å². The van der Waals surface area contributed by atoms with E-state index in [1.807, 2.05) is 43.3 Å². The van der Waals surface area contributed by atoms with Crippen molar-refractivity contribution in [2.45, 2.75) is 12.7 Å². The fourth-order valence-corrected chi connectivity index (χ4v) is 3.12. The van der Waals surface area contributed by atoms with Crippen LogP contribution in [0.15, 0.2) is 42.5 Å². The first-order valence-corrected chi connectivity index (χ1v) is 9.44. The predicted molar refractivity (Wildman–Crippen MR) is 102 cm³/mol. The maximum absolute atomic E-state index is 11.8. The minimum absolute atomic E-state index is 0.0301. The minimum atomic E-state index is -0.117. The van der Waals surface area contributed by atoms with Gasteiger partial charge in [0.15, 0.2) is 6.61 Å². The van der Waals surface area contributed by atoms with Crippen LogP contribution in [0.1, 0.15) is 11.1 Å². The number of para-hydroxylation sites is 1. The molecule has 0 aliphatic heterocycles. The molecule has 0 aliphatic rings. The Morgan fingerprint density at radius 1 is 1.17 bits per heavy atom. The lowest BCUT2D eigenvalue weighted by Crippen LogP contribution is -2.30. The largest absolute Gasteiger partial charge is 0.484 e. The van der Waals surface area contributed by atoms with Gasteiger partial charge in [-0.3, -0.25) is 4.79 Å². The van der Waals surface area contributed by atoms with Crippen molar-refractivity contribution in [3.63, 3.8) is 0 Å². The first kappa shape index (κ1) is 19.0. The number of halogens is 2. The van der Waals surface area contributed by atoms with Gasteiger partial charge < -0.3 is 10.1 Å². The number of nitrogens with one attached hydrogen (secondary N) is 1. The minimum Gasteiger partial charge on any atom is -0.484 e. The van der Waals surface area contributed by atoms with Gasteiger partial charge in [0.05, 0.1) is 10.0 Å². The maximum atomic E-state index is 11.8. The van der Waals surface area contributed by atoms with Gasteiger partial charge in [-0.25, -0.2) is 0 Å². The zero-order chi connectivity index (χ0) is 17.4. The van der Waals surface area contributed by atoms with Crippen molar-refractivity contribution in [2.24, 2.45) is 0 Å². The molecule has 6 heteroatoms. The summed E-state index contributed by atoms with van der Waals surface area (Å²) in [6.45, 7) is 2.58. The van der Waals surface area contributed by atoms with Crippen LogP contribution in [0.25, 0.3) is 0 Å². The van der Waals surface area contributed by atoms with Crippen molar-refractivity contribution < 1.29 is 9.53 Å². The lowest BCUT2D eigenvalue weighted by Gasteiger charge is -2.09. The van der Waals surface area contributed by atoms with E-state index >= 15 is 0 Å². The molecule has 0 radical (unpaired) electrons. The van der Waals surface area contributed by atoms with Crippen LogP contribution in [-0.2, 0) is 10.5 Å². The molecule has 0 saturated heterocycles. The predicted octanol–water partition coefficient (Wildman–Crippen LogP) is 4.73. The Morgan fingerprint density at radius 3 is 2.71 bits per heavy atom. The highest BCUT2D eigenvalue weighted by Gasteiger charge is 2.04. The summed E-state index contributed by atoms with van der Waals surface area (Å²) < 4.78 is 5.50. The molecule has 2 aromatic rings. The second-order valence-corrected chi connectivity index (χ2v) is 7.12. The zero-order valence-electron chi connectivity index (χ0n) is 13.4. The summed E-state index contributed by atoms with van der Waals surface area (Å²) in [5.41, 5.74) is 2.13. The summed E-state index contributed by atoms with van der Waals surface area (Å²) in [7, 11) is 0. The van der Waals surface area contributed by atoms with Gasteiger partial charge in [0.1, 0.15) is 5.75 Å². The van der Waals surface area contributed by atoms with Crippen LogP contribution >= 0.6 is 35.0 Å². The third-order valence-electron chi connectivity index (χ3n) is 3.27. The second-order valence-electron chi connectivity index (χ2n) is 5.21. The summed E-state index contributed by atoms with van der Waals surface area (Å²) in [5, 5.41) is 3.97. The van der Waals surface area contributed by atoms with Crippen LogP contribution in [0.4, 0.5) is 0 Å². The molecule has 0 heterocycles. The Kier molecular flexibility index (Phi) is 7.76. The molecule has 0 fully saturated rings. The zero-order valence-corrected chi connectivity index (χ0v) is 15.7. The van der Waals surface area contributed by atoms with Crippen molar-refractivity contribution in [3.8, 4) is 5.75 Å². The lowest BCUT2D eigenvalue weighted by atomic mass is 10.2. The van der Waals surface area contributed by atoms with E-state index in [-0.39, 0.29) is 12.5 Å². The van der Waals surface area contributed by atoms with Gasteiger partial charge in [0.2, 0.25) is 0 Å². The average molecular weight is 384 g/mol. The summed E-state index contributed by atoms with van der Waals surface area (Å²) in [6.07, 6.45) is 0. The molecule has 0 aliphatic carbocycles. The fraction of sp³-hybridized carbons (Fsp3) is 0.278. The van der Waals surface area contributed by atoms with E-state index in [9.17, 15) is 4.79 Å². The Labute approximate surface area is 156 Å². The van der Waals surface area contributed by atoms with Crippen molar-refractivity contribution in [1.29, 1.82) is 0 Å². The third-order valence-corrected chi connectivity index (χ3v) is 5.04. The van der Waals surface area contributed by atoms with Crippen molar-refractivity contribution in [2.75, 3.05) is 18.9 Å². The van der Waals surface area contributed by atoms with E-state index in [0.717, 1.165) is 28.4 Å². The average Bonchev–Trinajstić information content (AvgIpc) is 2.57. The van der Waals surface area contributed by atoms with Gasteiger partial charge >= 0.3 is 0 Å². The van der Waals surface area contributed by atoms with E-state index in [1.54, 1.807) is 17.8 Å². The molecule has 3 nitrogen and oxygen atoms in total. The highest BCUT2D eigenvalue weighted by atomic mass is 35.5. The van der Waals surface area contributed by atoms with E-state index in [1.165, 1.54) is 0 Å². The molecule has 1 amide bonds. The first-order chi connectivity index (χ1) is 11.6. The van der Waals surface area contributed by atoms with Gasteiger partial charge in [-0.1, -0.05) is 47.5 Å². The summed E-state index contributed by atoms with van der Waals surface area (Å²) in [6, 6.07) is 13.3. The number of hydrogen-bond acceptors (Lipinski definition) is 3. The van der Waals surface area contributed by atoms with E-state index in [0.29, 0.717) is 16.6 Å². The number of amides is 1. The number of thioether (sulfide) groups is 1. The highest BCUT2D eigenvalue weighted by Crippen LogP contribution is 2.24. The molecule has 0 saturated carbocycles. The molecule has 0 atom stereocenters. The maximum Gasteiger partial charge on any atom is 0.257 e. The molecular formula is C18H19Cl2NO2S. The highest BCUT2D eigenvalue weighted by molar-refractivity contribution is 7.98. The molecule has 0 aromatic heterocycles. The molecule has 0 unspecified atom stereocenters. The molecule has 24 heavy (non-hydrogen) atoms. The number of hydrogen-bond donors (Lipinski definition) is 1. The van der Waals surface area contributed by atoms with Crippen LogP contribution in [0.5, 0.6) is 5.75 Å². The smallest absolute Gasteiger partial charge is 0.257 e. The Hall–Kier alpha value is -1.36. The fourth-order valence-electron chi connectivity index (χ4n) is 1.99. The number of benzene rings is 2. The van der Waals surface area contributed by atoms with Crippen LogP contribution in [0.3, 0.4) is 0 Å². The van der Waals surface area contributed by atoms with E-state index in [2.05, 4.69) is 5.32 Å². The number of carbonyl (C=O) groups is 1. The Morgan fingerprint density at radius 2 is 1.96 bits per heavy atom. The van der Waals surface area contributed by atoms with E-state index in [4.69, 9.17) is 27.9 Å². The topological polar surface area (TPSA) is 38.3 Å². The SMILES string of the molecule is Cc1ccccc1OCC(=O)NCCSCc1ccc(Cl)c(Cl)c1. The molecule has 0 bridgehead atoms. The van der Waals surface area contributed by atoms with Gasteiger partial charge in [-0.15, -0.1) is 0 Å². The van der Waals surface area contributed by atoms with Crippen LogP contribution in [0.2, 0.25) is 10.0 Å². The van der Waals surface area contributed by atoms with Crippen molar-refractivity contribution >= 4 is 40.9 Å². The molecular weight excluding hydrogens is 365 g/mol. The quantitative estimate of drug-likeness (QED) is 0.669. The molecule has 2 aromatic carbocycles. The van der Waals surface area contributed by atoms with Gasteiger partial charge in [0.25, 0.3) is 5.91 Å². The second kappa shape index (κ2) is 9.82. The van der Waals surface area contributed by atoms with Crippen molar-refractivity contribution in [3.05, 3.63) is 63.6 Å². The normalized spacial score (nSPS) is 10.5. The summed E-state index contributed by atoms with van der Waals surface area (Å²) in [5.74, 6) is 2.26.